The van der Waals surface area contributed by atoms with Gasteiger partial charge in [0.1, 0.15) is 6.04 Å². The molecule has 0 radical (unpaired) electrons. The lowest BCUT2D eigenvalue weighted by molar-refractivity contribution is -0.142. The second-order valence-corrected chi connectivity index (χ2v) is 14.0. The van der Waals surface area contributed by atoms with Crippen LogP contribution in [0.4, 0.5) is 5.69 Å². The van der Waals surface area contributed by atoms with E-state index in [1.54, 1.807) is 17.0 Å². The Morgan fingerprint density at radius 3 is 2.19 bits per heavy atom. The number of sulfonamides is 1. The van der Waals surface area contributed by atoms with E-state index < -0.39 is 21.6 Å². The van der Waals surface area contributed by atoms with Crippen molar-refractivity contribution in [3.8, 4) is 0 Å². The van der Waals surface area contributed by atoms with Crippen LogP contribution in [-0.2, 0) is 32.6 Å². The number of hydrogen-bond acceptors (Lipinski definition) is 4. The number of rotatable bonds is 12. The second kappa shape index (κ2) is 14.2. The van der Waals surface area contributed by atoms with E-state index in [0.29, 0.717) is 17.1 Å². The lowest BCUT2D eigenvalue weighted by Crippen LogP contribution is -2.54. The molecule has 9 heteroatoms. The maximum absolute atomic E-state index is 14.0. The SMILES string of the molecule is Cc1cccc(N(CCCC(=O)N(Cc2ccccc2Cl)C(Cc2ccccc2)C(=O)NC(C)(C)C)S(C)(=O)=O)c1C. The Balaban J connectivity index is 1.93. The van der Waals surface area contributed by atoms with Gasteiger partial charge in [-0.3, -0.25) is 13.9 Å². The fraction of sp³-hybridized carbons (Fsp3) is 0.394. The van der Waals surface area contributed by atoms with Gasteiger partial charge in [0.25, 0.3) is 0 Å². The molecule has 0 spiro atoms. The maximum atomic E-state index is 14.0. The number of hydrogen-bond donors (Lipinski definition) is 1. The summed E-state index contributed by atoms with van der Waals surface area (Å²) >= 11 is 6.50. The summed E-state index contributed by atoms with van der Waals surface area (Å²) in [4.78, 5) is 29.3. The highest BCUT2D eigenvalue weighted by atomic mass is 35.5. The molecule has 0 aliphatic carbocycles. The number of carbonyl (C=O) groups excluding carboxylic acids is 2. The summed E-state index contributed by atoms with van der Waals surface area (Å²) in [6, 6.07) is 21.6. The number of carbonyl (C=O) groups is 2. The largest absolute Gasteiger partial charge is 0.350 e. The monoisotopic (exact) mass is 611 g/mol. The minimum Gasteiger partial charge on any atom is -0.350 e. The zero-order valence-corrected chi connectivity index (χ0v) is 26.9. The molecule has 42 heavy (non-hydrogen) atoms. The van der Waals surface area contributed by atoms with Crippen molar-refractivity contribution in [1.29, 1.82) is 0 Å². The van der Waals surface area contributed by atoms with Crippen LogP contribution in [0.2, 0.25) is 5.02 Å². The van der Waals surface area contributed by atoms with Crippen molar-refractivity contribution in [2.24, 2.45) is 0 Å². The Morgan fingerprint density at radius 1 is 0.929 bits per heavy atom. The number of aryl methyl sites for hydroxylation is 1. The van der Waals surface area contributed by atoms with Crippen LogP contribution in [0.1, 0.15) is 55.9 Å². The molecule has 2 amide bonds. The van der Waals surface area contributed by atoms with Crippen LogP contribution in [0.3, 0.4) is 0 Å². The lowest BCUT2D eigenvalue weighted by Gasteiger charge is -2.34. The summed E-state index contributed by atoms with van der Waals surface area (Å²) in [7, 11) is -3.59. The number of anilines is 1. The first-order valence-corrected chi connectivity index (χ1v) is 16.3. The van der Waals surface area contributed by atoms with Crippen LogP contribution in [0.25, 0.3) is 0 Å². The van der Waals surface area contributed by atoms with E-state index in [4.69, 9.17) is 11.6 Å². The first-order chi connectivity index (χ1) is 19.7. The van der Waals surface area contributed by atoms with E-state index >= 15 is 0 Å². The predicted molar refractivity (Wildman–Crippen MR) is 171 cm³/mol. The highest BCUT2D eigenvalue weighted by Crippen LogP contribution is 2.26. The van der Waals surface area contributed by atoms with E-state index in [1.807, 2.05) is 95.3 Å². The molecule has 0 fully saturated rings. The Hall–Kier alpha value is -3.36. The van der Waals surface area contributed by atoms with Gasteiger partial charge >= 0.3 is 0 Å². The van der Waals surface area contributed by atoms with Gasteiger partial charge in [0.05, 0.1) is 11.9 Å². The highest BCUT2D eigenvalue weighted by molar-refractivity contribution is 7.92. The average molecular weight is 612 g/mol. The Morgan fingerprint density at radius 2 is 1.57 bits per heavy atom. The molecule has 7 nitrogen and oxygen atoms in total. The van der Waals surface area contributed by atoms with E-state index in [9.17, 15) is 18.0 Å². The number of benzene rings is 3. The van der Waals surface area contributed by atoms with Crippen molar-refractivity contribution in [2.75, 3.05) is 17.1 Å². The predicted octanol–water partition coefficient (Wildman–Crippen LogP) is 6.06. The van der Waals surface area contributed by atoms with Gasteiger partial charge in [-0.2, -0.15) is 0 Å². The zero-order chi connectivity index (χ0) is 31.1. The first kappa shape index (κ1) is 33.1. The van der Waals surface area contributed by atoms with Crippen molar-refractivity contribution in [3.05, 3.63) is 100 Å². The minimum atomic E-state index is -3.59. The van der Waals surface area contributed by atoms with Crippen LogP contribution in [0.15, 0.2) is 72.8 Å². The number of amides is 2. The molecule has 0 saturated carbocycles. The fourth-order valence-electron chi connectivity index (χ4n) is 4.81. The van der Waals surface area contributed by atoms with Gasteiger partial charge in [-0.05, 0) is 75.4 Å². The minimum absolute atomic E-state index is 0.0510. The van der Waals surface area contributed by atoms with E-state index in [2.05, 4.69) is 5.32 Å². The van der Waals surface area contributed by atoms with Crippen LogP contribution in [0, 0.1) is 13.8 Å². The molecule has 3 aromatic rings. The molecule has 0 aliphatic rings. The van der Waals surface area contributed by atoms with E-state index in [-0.39, 0.29) is 37.7 Å². The van der Waals surface area contributed by atoms with Gasteiger partial charge in [-0.1, -0.05) is 72.3 Å². The summed E-state index contributed by atoms with van der Waals surface area (Å²) in [6.45, 7) is 9.80. The molecule has 1 atom stereocenters. The molecular weight excluding hydrogens is 570 g/mol. The second-order valence-electron chi connectivity index (χ2n) is 11.7. The van der Waals surface area contributed by atoms with Gasteiger partial charge < -0.3 is 10.2 Å². The third-order valence-electron chi connectivity index (χ3n) is 7.06. The van der Waals surface area contributed by atoms with Crippen molar-refractivity contribution in [3.63, 3.8) is 0 Å². The maximum Gasteiger partial charge on any atom is 0.243 e. The van der Waals surface area contributed by atoms with E-state index in [0.717, 1.165) is 22.3 Å². The molecule has 226 valence electrons. The average Bonchev–Trinajstić information content (AvgIpc) is 2.90. The standard InChI is InChI=1S/C33H42ClN3O4S/c1-24-14-12-19-29(25(24)2)37(42(6,40)41)21-13-20-31(38)36(23-27-17-10-11-18-28(27)34)30(32(39)35-33(3,4)5)22-26-15-8-7-9-16-26/h7-12,14-19,30H,13,20-23H2,1-6H3,(H,35,39). The third-order valence-corrected chi connectivity index (χ3v) is 8.61. The Bertz CT molecular complexity index is 1490. The lowest BCUT2D eigenvalue weighted by atomic mass is 10.00. The summed E-state index contributed by atoms with van der Waals surface area (Å²) < 4.78 is 26.9. The number of nitrogens with one attached hydrogen (secondary N) is 1. The number of halogens is 1. The van der Waals surface area contributed by atoms with Gasteiger partial charge in [-0.15, -0.1) is 0 Å². The van der Waals surface area contributed by atoms with Crippen LogP contribution in [-0.4, -0.2) is 49.5 Å². The molecule has 0 aliphatic heterocycles. The molecule has 0 aromatic heterocycles. The Kier molecular flexibility index (Phi) is 11.2. The molecule has 0 saturated heterocycles. The van der Waals surface area contributed by atoms with E-state index in [1.165, 1.54) is 10.6 Å². The van der Waals surface area contributed by atoms with Crippen molar-refractivity contribution >= 4 is 39.1 Å². The van der Waals surface area contributed by atoms with Crippen molar-refractivity contribution in [2.45, 2.75) is 72.0 Å². The number of nitrogens with zero attached hydrogens (tertiary/aromatic N) is 2. The first-order valence-electron chi connectivity index (χ1n) is 14.1. The van der Waals surface area contributed by atoms with Crippen LogP contribution >= 0.6 is 11.6 Å². The summed E-state index contributed by atoms with van der Waals surface area (Å²) in [5.41, 5.74) is 3.59. The molecule has 3 rings (SSSR count). The molecule has 0 bridgehead atoms. The van der Waals surface area contributed by atoms with Gasteiger partial charge in [-0.25, -0.2) is 8.42 Å². The quantitative estimate of drug-likeness (QED) is 0.270. The molecule has 3 aromatic carbocycles. The fourth-order valence-corrected chi connectivity index (χ4v) is 6.02. The van der Waals surface area contributed by atoms with Gasteiger partial charge in [0.2, 0.25) is 21.8 Å². The van der Waals surface area contributed by atoms with Gasteiger partial charge in [0.15, 0.2) is 0 Å². The molecule has 1 N–H and O–H groups in total. The summed E-state index contributed by atoms with van der Waals surface area (Å²) in [5.74, 6) is -0.519. The highest BCUT2D eigenvalue weighted by Gasteiger charge is 2.32. The van der Waals surface area contributed by atoms with Crippen LogP contribution < -0.4 is 9.62 Å². The van der Waals surface area contributed by atoms with Crippen molar-refractivity contribution < 1.29 is 18.0 Å². The topological polar surface area (TPSA) is 86.8 Å². The summed E-state index contributed by atoms with van der Waals surface area (Å²) in [5, 5.41) is 3.55. The zero-order valence-electron chi connectivity index (χ0n) is 25.4. The molecule has 0 heterocycles. The smallest absolute Gasteiger partial charge is 0.243 e. The molecular formula is C33H42ClN3O4S. The normalized spacial score (nSPS) is 12.5. The molecule has 1 unspecified atom stereocenters. The summed E-state index contributed by atoms with van der Waals surface area (Å²) in [6.07, 6.45) is 1.82. The van der Waals surface area contributed by atoms with Crippen molar-refractivity contribution in [1.82, 2.24) is 10.2 Å². The van der Waals surface area contributed by atoms with Gasteiger partial charge in [0, 0.05) is 36.5 Å². The Labute approximate surface area is 255 Å². The van der Waals surface area contributed by atoms with Crippen LogP contribution in [0.5, 0.6) is 0 Å². The third kappa shape index (κ3) is 9.33.